The van der Waals surface area contributed by atoms with Crippen LogP contribution in [0.15, 0.2) is 28.8 Å². The molecule has 0 bridgehead atoms. The average Bonchev–Trinajstić information content (AvgIpc) is 3.36. The number of aliphatic hydroxyl groups is 2. The Kier molecular flexibility index (Phi) is 9.99. The van der Waals surface area contributed by atoms with Crippen LogP contribution in [-0.2, 0) is 11.2 Å². The molecule has 0 aliphatic rings. The van der Waals surface area contributed by atoms with Gasteiger partial charge in [0.15, 0.2) is 0 Å². The Hall–Kier alpha value is -3.50. The van der Waals surface area contributed by atoms with Gasteiger partial charge in [-0.1, -0.05) is 32.3 Å². The van der Waals surface area contributed by atoms with E-state index in [0.717, 1.165) is 53.2 Å². The summed E-state index contributed by atoms with van der Waals surface area (Å²) in [7, 11) is 0. The Balaban J connectivity index is 1.80. The van der Waals surface area contributed by atoms with Gasteiger partial charge in [0.2, 0.25) is 11.7 Å². The number of hydrogen-bond donors (Lipinski definition) is 4. The fourth-order valence-electron chi connectivity index (χ4n) is 3.81. The van der Waals surface area contributed by atoms with Crippen LogP contribution in [0.5, 0.6) is 5.75 Å². The van der Waals surface area contributed by atoms with E-state index in [1.165, 1.54) is 0 Å². The summed E-state index contributed by atoms with van der Waals surface area (Å²) < 4.78 is 11.5. The van der Waals surface area contributed by atoms with Gasteiger partial charge in [-0.3, -0.25) is 4.79 Å². The third kappa shape index (κ3) is 7.99. The molecule has 2 aromatic heterocycles. The van der Waals surface area contributed by atoms with Crippen molar-refractivity contribution in [3.05, 3.63) is 41.1 Å². The third-order valence-electron chi connectivity index (χ3n) is 5.55. The molecule has 0 unspecified atom stereocenters. The van der Waals surface area contributed by atoms with E-state index < -0.39 is 18.6 Å². The molecular formula is C27H37N5O5. The van der Waals surface area contributed by atoms with Crippen LogP contribution in [0.3, 0.4) is 0 Å². The summed E-state index contributed by atoms with van der Waals surface area (Å²) in [5.41, 5.74) is 4.30. The highest BCUT2D eigenvalue weighted by atomic mass is 16.5. The molecule has 200 valence electrons. The topological polar surface area (TPSA) is 143 Å². The summed E-state index contributed by atoms with van der Waals surface area (Å²) >= 11 is 0. The zero-order valence-corrected chi connectivity index (χ0v) is 22.2. The molecule has 0 fully saturated rings. The number of nitrogens with one attached hydrogen (secondary N) is 2. The van der Waals surface area contributed by atoms with E-state index in [1.807, 2.05) is 38.1 Å². The molecule has 3 rings (SSSR count). The van der Waals surface area contributed by atoms with Crippen molar-refractivity contribution in [2.24, 2.45) is 5.92 Å². The van der Waals surface area contributed by atoms with E-state index in [1.54, 1.807) is 0 Å². The molecule has 3 aromatic rings. The van der Waals surface area contributed by atoms with Crippen LogP contribution in [0.25, 0.3) is 22.8 Å². The lowest BCUT2D eigenvalue weighted by Gasteiger charge is -2.18. The molecular weight excluding hydrogens is 474 g/mol. The van der Waals surface area contributed by atoms with Crippen molar-refractivity contribution in [2.75, 3.05) is 31.6 Å². The van der Waals surface area contributed by atoms with Gasteiger partial charge >= 0.3 is 0 Å². The first kappa shape index (κ1) is 28.1. The molecule has 2 heterocycles. The normalized spacial score (nSPS) is 12.0. The summed E-state index contributed by atoms with van der Waals surface area (Å²) in [5, 5.41) is 28.9. The van der Waals surface area contributed by atoms with Gasteiger partial charge < -0.3 is 30.1 Å². The molecule has 37 heavy (non-hydrogen) atoms. The number of pyridine rings is 1. The zero-order valence-electron chi connectivity index (χ0n) is 22.2. The van der Waals surface area contributed by atoms with Crippen LogP contribution in [0, 0.1) is 19.8 Å². The van der Waals surface area contributed by atoms with E-state index in [9.17, 15) is 9.90 Å². The van der Waals surface area contributed by atoms with Crippen LogP contribution in [0.1, 0.15) is 44.0 Å². The van der Waals surface area contributed by atoms with Crippen LogP contribution in [0.2, 0.25) is 0 Å². The van der Waals surface area contributed by atoms with Crippen LogP contribution >= 0.6 is 0 Å². The highest BCUT2D eigenvalue weighted by Gasteiger charge is 2.17. The van der Waals surface area contributed by atoms with Crippen molar-refractivity contribution < 1.29 is 24.3 Å². The van der Waals surface area contributed by atoms with E-state index in [2.05, 4.69) is 46.5 Å². The zero-order chi connectivity index (χ0) is 26.9. The number of aromatic nitrogens is 3. The number of ether oxygens (including phenoxy) is 1. The van der Waals surface area contributed by atoms with Gasteiger partial charge in [0.25, 0.3) is 5.89 Å². The smallest absolute Gasteiger partial charge is 0.258 e. The number of benzene rings is 1. The predicted octanol–water partition coefficient (Wildman–Crippen LogP) is 3.28. The number of amides is 1. The van der Waals surface area contributed by atoms with Crippen LogP contribution in [0.4, 0.5) is 5.82 Å². The Morgan fingerprint density at radius 2 is 1.89 bits per heavy atom. The van der Waals surface area contributed by atoms with Gasteiger partial charge in [0.1, 0.15) is 30.9 Å². The Morgan fingerprint density at radius 3 is 2.59 bits per heavy atom. The largest absolute Gasteiger partial charge is 0.490 e. The number of aliphatic hydroxyl groups excluding tert-OH is 2. The maximum absolute atomic E-state index is 11.2. The quantitative estimate of drug-likeness (QED) is 0.272. The molecule has 0 aliphatic carbocycles. The lowest BCUT2D eigenvalue weighted by atomic mass is 10.0. The Bertz CT molecular complexity index is 1190. The van der Waals surface area contributed by atoms with Gasteiger partial charge in [-0.25, -0.2) is 4.98 Å². The lowest BCUT2D eigenvalue weighted by Crippen LogP contribution is -2.36. The highest BCUT2D eigenvalue weighted by molar-refractivity contribution is 5.76. The fraction of sp³-hybridized carbons (Fsp3) is 0.481. The second kappa shape index (κ2) is 13.2. The van der Waals surface area contributed by atoms with Crippen molar-refractivity contribution in [2.45, 2.75) is 53.6 Å². The van der Waals surface area contributed by atoms with Crippen molar-refractivity contribution in [1.29, 1.82) is 0 Å². The second-order valence-corrected chi connectivity index (χ2v) is 9.54. The summed E-state index contributed by atoms with van der Waals surface area (Å²) in [6.07, 6.45) is 0.752. The number of carbonyl (C=O) groups excluding carboxylic acids is 1. The minimum Gasteiger partial charge on any atom is -0.490 e. The minimum atomic E-state index is -0.910. The third-order valence-corrected chi connectivity index (χ3v) is 5.55. The van der Waals surface area contributed by atoms with E-state index in [0.29, 0.717) is 23.4 Å². The number of aryl methyl sites for hydroxylation is 3. The van der Waals surface area contributed by atoms with E-state index in [-0.39, 0.29) is 13.2 Å². The standard InChI is InChI=1S/C27H37N5O5/c1-6-7-19-10-20(8-17(4)25(19)36-15-22(34)13-29-24(35)14-33)26-31-27(37-32-26)21-9-18(5)30-23(11-21)28-12-16(2)3/h8-11,16,22,33-34H,6-7,12-15H2,1-5H3,(H,28,30)(H,29,35)/t22-/m0/s1. The summed E-state index contributed by atoms with van der Waals surface area (Å²) in [6.45, 7) is 10.4. The Morgan fingerprint density at radius 1 is 1.11 bits per heavy atom. The maximum atomic E-state index is 11.2. The average molecular weight is 512 g/mol. The second-order valence-electron chi connectivity index (χ2n) is 9.54. The number of carbonyl (C=O) groups is 1. The van der Waals surface area contributed by atoms with Crippen molar-refractivity contribution >= 4 is 11.7 Å². The molecule has 1 amide bonds. The van der Waals surface area contributed by atoms with Gasteiger partial charge in [0, 0.05) is 29.9 Å². The van der Waals surface area contributed by atoms with Gasteiger partial charge in [0.05, 0.1) is 0 Å². The minimum absolute atomic E-state index is 0.00351. The molecule has 1 aromatic carbocycles. The van der Waals surface area contributed by atoms with E-state index >= 15 is 0 Å². The van der Waals surface area contributed by atoms with Crippen LogP contribution < -0.4 is 15.4 Å². The van der Waals surface area contributed by atoms with Gasteiger partial charge in [-0.15, -0.1) is 0 Å². The fourth-order valence-corrected chi connectivity index (χ4v) is 3.81. The SMILES string of the molecule is CCCc1cc(-c2noc(-c3cc(C)nc(NCC(C)C)c3)n2)cc(C)c1OC[C@@H](O)CNC(=O)CO. The first-order valence-corrected chi connectivity index (χ1v) is 12.6. The predicted molar refractivity (Wildman–Crippen MR) is 141 cm³/mol. The van der Waals surface area contributed by atoms with E-state index in [4.69, 9.17) is 14.4 Å². The van der Waals surface area contributed by atoms with Gasteiger partial charge in [-0.2, -0.15) is 4.98 Å². The molecule has 4 N–H and O–H groups in total. The number of nitrogens with zero attached hydrogens (tertiary/aromatic N) is 3. The monoisotopic (exact) mass is 511 g/mol. The maximum Gasteiger partial charge on any atom is 0.258 e. The first-order chi connectivity index (χ1) is 17.7. The van der Waals surface area contributed by atoms with Crippen molar-refractivity contribution in [3.63, 3.8) is 0 Å². The molecule has 10 nitrogen and oxygen atoms in total. The number of anilines is 1. The molecule has 0 radical (unpaired) electrons. The molecule has 0 aliphatic heterocycles. The lowest BCUT2D eigenvalue weighted by molar-refractivity contribution is -0.124. The molecule has 1 atom stereocenters. The Labute approximate surface area is 217 Å². The summed E-state index contributed by atoms with van der Waals surface area (Å²) in [5.74, 6) is 2.28. The van der Waals surface area contributed by atoms with Crippen molar-refractivity contribution in [1.82, 2.24) is 20.4 Å². The summed E-state index contributed by atoms with van der Waals surface area (Å²) in [6, 6.07) is 7.73. The molecule has 0 saturated carbocycles. The molecule has 10 heteroatoms. The number of hydrogen-bond acceptors (Lipinski definition) is 9. The number of rotatable bonds is 13. The van der Waals surface area contributed by atoms with Crippen molar-refractivity contribution in [3.8, 4) is 28.6 Å². The molecule has 0 saturated heterocycles. The summed E-state index contributed by atoms with van der Waals surface area (Å²) in [4.78, 5) is 20.4. The first-order valence-electron chi connectivity index (χ1n) is 12.6. The van der Waals surface area contributed by atoms with Gasteiger partial charge in [-0.05, 0) is 61.6 Å². The van der Waals surface area contributed by atoms with Crippen LogP contribution in [-0.4, -0.2) is 63.7 Å². The highest BCUT2D eigenvalue weighted by Crippen LogP contribution is 2.32. The molecule has 0 spiro atoms.